The summed E-state index contributed by atoms with van der Waals surface area (Å²) >= 11 is 5.87. The highest BCUT2D eigenvalue weighted by Crippen LogP contribution is 2.51. The Bertz CT molecular complexity index is 154. The summed E-state index contributed by atoms with van der Waals surface area (Å²) < 4.78 is 5.79. The molecular formula is C10H17ClO. The Morgan fingerprint density at radius 1 is 1.58 bits per heavy atom. The predicted octanol–water partition coefficient (Wildman–Crippen LogP) is 2.82. The van der Waals surface area contributed by atoms with E-state index in [9.17, 15) is 0 Å². The molecule has 0 aromatic heterocycles. The van der Waals surface area contributed by atoms with Gasteiger partial charge in [0, 0.05) is 5.88 Å². The van der Waals surface area contributed by atoms with Crippen LogP contribution in [0, 0.1) is 11.8 Å². The Balaban J connectivity index is 1.85. The lowest BCUT2D eigenvalue weighted by Gasteiger charge is -2.38. The Morgan fingerprint density at radius 2 is 2.33 bits per heavy atom. The Labute approximate surface area is 79.4 Å². The number of rotatable bonds is 4. The van der Waals surface area contributed by atoms with Crippen LogP contribution in [0.5, 0.6) is 0 Å². The summed E-state index contributed by atoms with van der Waals surface area (Å²) in [6, 6.07) is 0. The Morgan fingerprint density at radius 3 is 2.75 bits per heavy atom. The fourth-order valence-corrected chi connectivity index (χ4v) is 2.91. The summed E-state index contributed by atoms with van der Waals surface area (Å²) in [6.45, 7) is 3.23. The summed E-state index contributed by atoms with van der Waals surface area (Å²) in [5.74, 6) is 2.36. The average Bonchev–Trinajstić information content (AvgIpc) is 2.58. The molecule has 0 spiro atoms. The van der Waals surface area contributed by atoms with Gasteiger partial charge in [0.05, 0.1) is 12.2 Å². The van der Waals surface area contributed by atoms with Gasteiger partial charge in [-0.15, -0.1) is 11.6 Å². The summed E-state index contributed by atoms with van der Waals surface area (Å²) in [5.41, 5.74) is 0.278. The molecule has 0 N–H and O–H groups in total. The van der Waals surface area contributed by atoms with Gasteiger partial charge in [-0.2, -0.15) is 0 Å². The number of hydrogen-bond acceptors (Lipinski definition) is 1. The second-order valence-corrected chi connectivity index (χ2v) is 4.71. The zero-order valence-electron chi connectivity index (χ0n) is 7.68. The lowest BCUT2D eigenvalue weighted by Crippen LogP contribution is -2.38. The first-order valence-corrected chi connectivity index (χ1v) is 5.51. The van der Waals surface area contributed by atoms with Gasteiger partial charge < -0.3 is 4.74 Å². The van der Waals surface area contributed by atoms with Crippen molar-refractivity contribution < 1.29 is 4.74 Å². The molecular weight excluding hydrogens is 172 g/mol. The SMILES string of the molecule is CCC(CCl)CC12CC(CO1)C2. The predicted molar refractivity (Wildman–Crippen MR) is 50.5 cm³/mol. The van der Waals surface area contributed by atoms with Crippen LogP contribution < -0.4 is 0 Å². The number of halogens is 1. The van der Waals surface area contributed by atoms with E-state index >= 15 is 0 Å². The number of ether oxygens (including phenoxy) is 1. The van der Waals surface area contributed by atoms with Crippen molar-refractivity contribution in [3.8, 4) is 0 Å². The molecule has 1 aliphatic carbocycles. The molecule has 70 valence electrons. The maximum Gasteiger partial charge on any atom is 0.0692 e. The van der Waals surface area contributed by atoms with E-state index in [2.05, 4.69) is 6.92 Å². The molecule has 3 rings (SSSR count). The molecule has 1 atom stereocenters. The van der Waals surface area contributed by atoms with Crippen molar-refractivity contribution in [2.45, 2.75) is 38.2 Å². The molecule has 2 aliphatic heterocycles. The minimum absolute atomic E-state index is 0.278. The third-order valence-electron chi connectivity index (χ3n) is 3.40. The van der Waals surface area contributed by atoms with Crippen LogP contribution in [0.3, 0.4) is 0 Å². The van der Waals surface area contributed by atoms with Crippen LogP contribution in [0.1, 0.15) is 32.6 Å². The molecule has 0 amide bonds. The molecule has 3 fully saturated rings. The summed E-state index contributed by atoms with van der Waals surface area (Å²) in [6.07, 6.45) is 5.00. The van der Waals surface area contributed by atoms with Crippen LogP contribution in [0.25, 0.3) is 0 Å². The number of fused-ring (bicyclic) bond motifs is 1. The molecule has 3 aliphatic rings. The summed E-state index contributed by atoms with van der Waals surface area (Å²) in [5, 5.41) is 0. The first-order chi connectivity index (χ1) is 5.78. The molecule has 2 heteroatoms. The van der Waals surface area contributed by atoms with Gasteiger partial charge in [-0.05, 0) is 31.1 Å². The highest BCUT2D eigenvalue weighted by molar-refractivity contribution is 6.18. The van der Waals surface area contributed by atoms with Crippen LogP contribution in [0.4, 0.5) is 0 Å². The molecule has 0 radical (unpaired) electrons. The highest BCUT2D eigenvalue weighted by atomic mass is 35.5. The minimum atomic E-state index is 0.278. The maximum absolute atomic E-state index is 5.87. The maximum atomic E-state index is 5.87. The fraction of sp³-hybridized carbons (Fsp3) is 1.00. The van der Waals surface area contributed by atoms with Gasteiger partial charge in [0.25, 0.3) is 0 Å². The van der Waals surface area contributed by atoms with E-state index in [4.69, 9.17) is 16.3 Å². The lowest BCUT2D eigenvalue weighted by atomic mass is 9.70. The molecule has 2 bridgehead atoms. The second kappa shape index (κ2) is 3.19. The van der Waals surface area contributed by atoms with Crippen molar-refractivity contribution in [3.05, 3.63) is 0 Å². The third kappa shape index (κ3) is 1.38. The molecule has 1 nitrogen and oxygen atoms in total. The number of alkyl halides is 1. The number of hydrogen-bond donors (Lipinski definition) is 0. The van der Waals surface area contributed by atoms with Crippen molar-refractivity contribution in [2.24, 2.45) is 11.8 Å². The van der Waals surface area contributed by atoms with Gasteiger partial charge in [-0.1, -0.05) is 13.3 Å². The van der Waals surface area contributed by atoms with E-state index < -0.39 is 0 Å². The second-order valence-electron chi connectivity index (χ2n) is 4.40. The van der Waals surface area contributed by atoms with Gasteiger partial charge in [-0.3, -0.25) is 0 Å². The molecule has 1 saturated carbocycles. The van der Waals surface area contributed by atoms with E-state index in [1.165, 1.54) is 25.7 Å². The van der Waals surface area contributed by atoms with Crippen molar-refractivity contribution in [3.63, 3.8) is 0 Å². The molecule has 0 aromatic rings. The zero-order chi connectivity index (χ0) is 8.60. The van der Waals surface area contributed by atoms with Crippen molar-refractivity contribution in [1.29, 1.82) is 0 Å². The van der Waals surface area contributed by atoms with Crippen LogP contribution in [0.2, 0.25) is 0 Å². The lowest BCUT2D eigenvalue weighted by molar-refractivity contribution is -0.0178. The Hall–Kier alpha value is 0.250. The standard InChI is InChI=1S/C10H17ClO/c1-2-8(6-11)3-10-4-9(5-10)7-12-10/h8-9H,2-7H2,1H3. The van der Waals surface area contributed by atoms with Crippen molar-refractivity contribution in [1.82, 2.24) is 0 Å². The molecule has 2 heterocycles. The van der Waals surface area contributed by atoms with E-state index in [1.807, 2.05) is 0 Å². The van der Waals surface area contributed by atoms with Crippen LogP contribution in [-0.2, 0) is 4.74 Å². The minimum Gasteiger partial charge on any atom is -0.375 e. The van der Waals surface area contributed by atoms with E-state index in [1.54, 1.807) is 0 Å². The highest BCUT2D eigenvalue weighted by Gasteiger charge is 2.52. The normalized spacial score (nSPS) is 41.0. The van der Waals surface area contributed by atoms with Crippen LogP contribution in [0.15, 0.2) is 0 Å². The molecule has 1 unspecified atom stereocenters. The van der Waals surface area contributed by atoms with Gasteiger partial charge in [0.1, 0.15) is 0 Å². The van der Waals surface area contributed by atoms with Gasteiger partial charge in [-0.25, -0.2) is 0 Å². The first kappa shape index (κ1) is 8.83. The largest absolute Gasteiger partial charge is 0.375 e. The van der Waals surface area contributed by atoms with Crippen LogP contribution in [-0.4, -0.2) is 18.1 Å². The van der Waals surface area contributed by atoms with Gasteiger partial charge in [0.2, 0.25) is 0 Å². The Kier molecular flexibility index (Phi) is 2.35. The van der Waals surface area contributed by atoms with Crippen LogP contribution >= 0.6 is 11.6 Å². The molecule has 12 heavy (non-hydrogen) atoms. The van der Waals surface area contributed by atoms with Gasteiger partial charge in [0.15, 0.2) is 0 Å². The molecule has 0 aromatic carbocycles. The monoisotopic (exact) mass is 188 g/mol. The van der Waals surface area contributed by atoms with Crippen molar-refractivity contribution >= 4 is 11.6 Å². The molecule has 2 saturated heterocycles. The van der Waals surface area contributed by atoms with E-state index in [0.717, 1.165) is 18.4 Å². The topological polar surface area (TPSA) is 9.23 Å². The van der Waals surface area contributed by atoms with Gasteiger partial charge >= 0.3 is 0 Å². The third-order valence-corrected chi connectivity index (χ3v) is 3.84. The van der Waals surface area contributed by atoms with E-state index in [-0.39, 0.29) is 5.60 Å². The zero-order valence-corrected chi connectivity index (χ0v) is 8.44. The van der Waals surface area contributed by atoms with E-state index in [0.29, 0.717) is 5.92 Å². The average molecular weight is 189 g/mol. The smallest absolute Gasteiger partial charge is 0.0692 e. The fourth-order valence-electron chi connectivity index (χ4n) is 2.58. The summed E-state index contributed by atoms with van der Waals surface area (Å²) in [4.78, 5) is 0. The van der Waals surface area contributed by atoms with Crippen molar-refractivity contribution in [2.75, 3.05) is 12.5 Å². The first-order valence-electron chi connectivity index (χ1n) is 4.98. The quantitative estimate of drug-likeness (QED) is 0.617. The summed E-state index contributed by atoms with van der Waals surface area (Å²) in [7, 11) is 0.